The molecule has 1 atom stereocenters. The molecule has 78 valence electrons. The number of carbonyl (C=O) groups excluding carboxylic acids is 1. The Balaban J connectivity index is 4.03. The third kappa shape index (κ3) is 6.54. The van der Waals surface area contributed by atoms with Gasteiger partial charge in [-0.1, -0.05) is 0 Å². The van der Waals surface area contributed by atoms with Crippen molar-refractivity contribution in [1.29, 1.82) is 0 Å². The van der Waals surface area contributed by atoms with E-state index in [1.165, 1.54) is 0 Å². The van der Waals surface area contributed by atoms with Gasteiger partial charge in [-0.05, 0) is 27.7 Å². The molecule has 0 spiro atoms. The van der Waals surface area contributed by atoms with Gasteiger partial charge >= 0.3 is 5.97 Å². The van der Waals surface area contributed by atoms with Crippen LogP contribution < -0.4 is 11.5 Å². The Hall–Kier alpha value is -0.610. The van der Waals surface area contributed by atoms with E-state index in [2.05, 4.69) is 0 Å². The maximum absolute atomic E-state index is 11.3. The summed E-state index contributed by atoms with van der Waals surface area (Å²) in [4.78, 5) is 11.3. The number of rotatable bonds is 3. The molecule has 0 aromatic rings. The van der Waals surface area contributed by atoms with Crippen LogP contribution in [0.25, 0.3) is 0 Å². The molecule has 0 radical (unpaired) electrons. The number of carbonyl (C=O) groups is 1. The van der Waals surface area contributed by atoms with E-state index >= 15 is 0 Å². The summed E-state index contributed by atoms with van der Waals surface area (Å²) in [5, 5.41) is 0. The molecule has 0 bridgehead atoms. The van der Waals surface area contributed by atoms with E-state index in [1.54, 1.807) is 6.92 Å². The summed E-state index contributed by atoms with van der Waals surface area (Å²) in [6.07, 6.45) is 0.154. The van der Waals surface area contributed by atoms with E-state index in [-0.39, 0.29) is 18.9 Å². The minimum Gasteiger partial charge on any atom is -0.460 e. The maximum atomic E-state index is 11.3. The average molecular weight is 188 g/mol. The van der Waals surface area contributed by atoms with E-state index in [4.69, 9.17) is 16.2 Å². The smallest absolute Gasteiger partial charge is 0.308 e. The van der Waals surface area contributed by atoms with Gasteiger partial charge in [0.15, 0.2) is 0 Å². The van der Waals surface area contributed by atoms with Gasteiger partial charge in [-0.15, -0.1) is 0 Å². The highest BCUT2D eigenvalue weighted by molar-refractivity contribution is 5.71. The molecule has 13 heavy (non-hydrogen) atoms. The second-order valence-corrected chi connectivity index (χ2v) is 4.62. The van der Waals surface area contributed by atoms with Crippen LogP contribution >= 0.6 is 0 Å². The van der Waals surface area contributed by atoms with Crippen LogP contribution in [0.5, 0.6) is 0 Å². The van der Waals surface area contributed by atoms with Gasteiger partial charge in [-0.3, -0.25) is 4.79 Å². The topological polar surface area (TPSA) is 78.3 Å². The van der Waals surface area contributed by atoms with Gasteiger partial charge < -0.3 is 16.2 Å². The highest BCUT2D eigenvalue weighted by Crippen LogP contribution is 2.12. The van der Waals surface area contributed by atoms with Gasteiger partial charge in [0.2, 0.25) is 0 Å². The second kappa shape index (κ2) is 4.07. The fraction of sp³-hybridized carbons (Fsp3) is 0.889. The first-order valence-electron chi connectivity index (χ1n) is 4.37. The van der Waals surface area contributed by atoms with Gasteiger partial charge in [0.05, 0.1) is 6.42 Å². The Morgan fingerprint density at radius 3 is 2.08 bits per heavy atom. The summed E-state index contributed by atoms with van der Waals surface area (Å²) in [5.74, 6) is -0.303. The quantitative estimate of drug-likeness (QED) is 0.628. The third-order valence-electron chi connectivity index (χ3n) is 1.43. The van der Waals surface area contributed by atoms with Crippen LogP contribution in [0.2, 0.25) is 0 Å². The zero-order chi connectivity index (χ0) is 10.7. The molecule has 0 heterocycles. The van der Waals surface area contributed by atoms with Crippen LogP contribution in [-0.4, -0.2) is 23.7 Å². The zero-order valence-corrected chi connectivity index (χ0v) is 8.89. The van der Waals surface area contributed by atoms with Crippen LogP contribution in [0.3, 0.4) is 0 Å². The predicted molar refractivity (Wildman–Crippen MR) is 52.1 cm³/mol. The molecule has 0 aliphatic rings. The maximum Gasteiger partial charge on any atom is 0.308 e. The van der Waals surface area contributed by atoms with Crippen LogP contribution in [-0.2, 0) is 9.53 Å². The molecule has 4 heteroatoms. The van der Waals surface area contributed by atoms with Crippen molar-refractivity contribution < 1.29 is 9.53 Å². The van der Waals surface area contributed by atoms with E-state index in [1.807, 2.05) is 20.8 Å². The molecule has 0 amide bonds. The summed E-state index contributed by atoms with van der Waals surface area (Å²) < 4.78 is 5.10. The number of hydrogen-bond acceptors (Lipinski definition) is 4. The molecule has 0 aliphatic carbocycles. The molecule has 0 aromatic heterocycles. The van der Waals surface area contributed by atoms with Crippen LogP contribution in [0.4, 0.5) is 0 Å². The molecule has 0 aromatic carbocycles. The molecule has 0 saturated carbocycles. The van der Waals surface area contributed by atoms with Crippen LogP contribution in [0.1, 0.15) is 34.1 Å². The first kappa shape index (κ1) is 12.4. The van der Waals surface area contributed by atoms with Crippen molar-refractivity contribution >= 4 is 5.97 Å². The summed E-state index contributed by atoms with van der Waals surface area (Å²) in [6, 6.07) is 0. The number of esters is 1. The van der Waals surface area contributed by atoms with Crippen molar-refractivity contribution in [2.75, 3.05) is 6.54 Å². The van der Waals surface area contributed by atoms with E-state index in [0.717, 1.165) is 0 Å². The van der Waals surface area contributed by atoms with Gasteiger partial charge in [-0.2, -0.15) is 0 Å². The van der Waals surface area contributed by atoms with Gasteiger partial charge in [0.25, 0.3) is 0 Å². The summed E-state index contributed by atoms with van der Waals surface area (Å²) in [6.45, 7) is 7.47. The lowest BCUT2D eigenvalue weighted by Crippen LogP contribution is -2.46. The van der Waals surface area contributed by atoms with Crippen molar-refractivity contribution in [2.45, 2.75) is 45.3 Å². The van der Waals surface area contributed by atoms with E-state index < -0.39 is 11.1 Å². The van der Waals surface area contributed by atoms with Crippen molar-refractivity contribution in [3.63, 3.8) is 0 Å². The average Bonchev–Trinajstić information content (AvgIpc) is 1.81. The molecule has 0 aliphatic heterocycles. The van der Waals surface area contributed by atoms with Crippen LogP contribution in [0, 0.1) is 0 Å². The molecule has 0 saturated heterocycles. The number of ether oxygens (including phenoxy) is 1. The molecular weight excluding hydrogens is 168 g/mol. The molecule has 0 fully saturated rings. The lowest BCUT2D eigenvalue weighted by Gasteiger charge is -2.25. The largest absolute Gasteiger partial charge is 0.460 e. The van der Waals surface area contributed by atoms with E-state index in [9.17, 15) is 4.79 Å². The summed E-state index contributed by atoms with van der Waals surface area (Å²) >= 11 is 0. The lowest BCUT2D eigenvalue weighted by atomic mass is 10.00. The zero-order valence-electron chi connectivity index (χ0n) is 8.89. The highest BCUT2D eigenvalue weighted by atomic mass is 16.6. The van der Waals surface area contributed by atoms with Crippen LogP contribution in [0.15, 0.2) is 0 Å². The minimum absolute atomic E-state index is 0.154. The fourth-order valence-electron chi connectivity index (χ4n) is 0.779. The van der Waals surface area contributed by atoms with Crippen molar-refractivity contribution in [3.8, 4) is 0 Å². The SMILES string of the molecule is CC(N)(CN)CC(=O)OC(C)(C)C. The number of hydrogen-bond donors (Lipinski definition) is 2. The highest BCUT2D eigenvalue weighted by Gasteiger charge is 2.24. The number of nitrogens with two attached hydrogens (primary N) is 2. The molecular formula is C9H20N2O2. The first-order chi connectivity index (χ1) is 5.66. The molecule has 4 nitrogen and oxygen atoms in total. The Labute approximate surface area is 79.6 Å². The van der Waals surface area contributed by atoms with Crippen molar-refractivity contribution in [2.24, 2.45) is 11.5 Å². The van der Waals surface area contributed by atoms with Gasteiger partial charge in [0.1, 0.15) is 5.60 Å². The summed E-state index contributed by atoms with van der Waals surface area (Å²) in [5.41, 5.74) is 9.97. The Morgan fingerprint density at radius 1 is 1.31 bits per heavy atom. The minimum atomic E-state index is -0.664. The third-order valence-corrected chi connectivity index (χ3v) is 1.43. The Bertz CT molecular complexity index is 183. The standard InChI is InChI=1S/C9H20N2O2/c1-8(2,3)13-7(12)5-9(4,11)6-10/h5-6,10-11H2,1-4H3. The predicted octanol–water partition coefficient (Wildman–Crippen LogP) is 0.394. The first-order valence-corrected chi connectivity index (χ1v) is 4.37. The van der Waals surface area contributed by atoms with Crippen molar-refractivity contribution in [3.05, 3.63) is 0 Å². The second-order valence-electron chi connectivity index (χ2n) is 4.62. The molecule has 1 unspecified atom stereocenters. The monoisotopic (exact) mass is 188 g/mol. The Kier molecular flexibility index (Phi) is 3.88. The Morgan fingerprint density at radius 2 is 1.77 bits per heavy atom. The lowest BCUT2D eigenvalue weighted by molar-refractivity contribution is -0.156. The normalized spacial score (nSPS) is 16.5. The summed E-state index contributed by atoms with van der Waals surface area (Å²) in [7, 11) is 0. The molecule has 4 N–H and O–H groups in total. The van der Waals surface area contributed by atoms with E-state index in [0.29, 0.717) is 0 Å². The van der Waals surface area contributed by atoms with Crippen molar-refractivity contribution in [1.82, 2.24) is 0 Å². The molecule has 0 rings (SSSR count). The van der Waals surface area contributed by atoms with Gasteiger partial charge in [0, 0.05) is 12.1 Å². The fourth-order valence-corrected chi connectivity index (χ4v) is 0.779. The van der Waals surface area contributed by atoms with Gasteiger partial charge in [-0.25, -0.2) is 0 Å².